The summed E-state index contributed by atoms with van der Waals surface area (Å²) in [5.41, 5.74) is 1.95. The molecule has 0 atom stereocenters. The summed E-state index contributed by atoms with van der Waals surface area (Å²) in [6.45, 7) is 5.80. The van der Waals surface area contributed by atoms with Crippen LogP contribution in [-0.4, -0.2) is 34.8 Å². The van der Waals surface area contributed by atoms with E-state index in [2.05, 4.69) is 17.6 Å². The van der Waals surface area contributed by atoms with Crippen molar-refractivity contribution in [1.29, 1.82) is 0 Å². The van der Waals surface area contributed by atoms with Gasteiger partial charge in [0, 0.05) is 5.69 Å². The maximum absolute atomic E-state index is 12.8. The van der Waals surface area contributed by atoms with Crippen LogP contribution in [0.3, 0.4) is 0 Å². The number of imide groups is 1. The van der Waals surface area contributed by atoms with Crippen LogP contribution in [0, 0.1) is 19.8 Å². The van der Waals surface area contributed by atoms with Crippen LogP contribution in [0.4, 0.5) is 10.5 Å². The smallest absolute Gasteiger partial charge is 0.324 e. The SMILES string of the molecule is Cc1cccc(NC(=O)CN2C(=O)NC3(CCC(C)CC3)C2=O)c1C. The highest BCUT2D eigenvalue weighted by Crippen LogP contribution is 2.36. The predicted molar refractivity (Wildman–Crippen MR) is 95.2 cm³/mol. The van der Waals surface area contributed by atoms with Gasteiger partial charge in [0.25, 0.3) is 5.91 Å². The minimum absolute atomic E-state index is 0.255. The second-order valence-corrected chi connectivity index (χ2v) is 7.38. The average Bonchev–Trinajstić information content (AvgIpc) is 2.79. The Labute approximate surface area is 148 Å². The lowest BCUT2D eigenvalue weighted by Gasteiger charge is -2.33. The van der Waals surface area contributed by atoms with Crippen molar-refractivity contribution in [3.63, 3.8) is 0 Å². The van der Waals surface area contributed by atoms with Crippen molar-refractivity contribution in [2.75, 3.05) is 11.9 Å². The van der Waals surface area contributed by atoms with Gasteiger partial charge in [0.05, 0.1) is 0 Å². The van der Waals surface area contributed by atoms with Crippen molar-refractivity contribution >= 4 is 23.5 Å². The van der Waals surface area contributed by atoms with E-state index in [0.717, 1.165) is 28.9 Å². The van der Waals surface area contributed by atoms with Gasteiger partial charge in [0.2, 0.25) is 5.91 Å². The molecule has 1 saturated carbocycles. The van der Waals surface area contributed by atoms with Crippen molar-refractivity contribution < 1.29 is 14.4 Å². The Morgan fingerprint density at radius 2 is 1.96 bits per heavy atom. The van der Waals surface area contributed by atoms with Crippen LogP contribution in [0.15, 0.2) is 18.2 Å². The van der Waals surface area contributed by atoms with E-state index in [1.54, 1.807) is 0 Å². The summed E-state index contributed by atoms with van der Waals surface area (Å²) in [6, 6.07) is 5.19. The van der Waals surface area contributed by atoms with Crippen LogP contribution in [0.25, 0.3) is 0 Å². The Morgan fingerprint density at radius 1 is 1.28 bits per heavy atom. The Kier molecular flexibility index (Phi) is 4.54. The standard InChI is InChI=1S/C19H25N3O3/c1-12-7-9-19(10-8-12)17(24)22(18(25)21-19)11-16(23)20-15-6-4-5-13(2)14(15)3/h4-6,12H,7-11H2,1-3H3,(H,20,23)(H,21,25). The third kappa shape index (κ3) is 3.25. The quantitative estimate of drug-likeness (QED) is 0.828. The molecule has 1 aliphatic heterocycles. The number of amides is 4. The second kappa shape index (κ2) is 6.50. The van der Waals surface area contributed by atoms with Crippen molar-refractivity contribution in [3.8, 4) is 0 Å². The monoisotopic (exact) mass is 343 g/mol. The molecule has 0 radical (unpaired) electrons. The van der Waals surface area contributed by atoms with Gasteiger partial charge in [-0.1, -0.05) is 19.1 Å². The van der Waals surface area contributed by atoms with E-state index in [4.69, 9.17) is 0 Å². The fourth-order valence-corrected chi connectivity index (χ4v) is 3.63. The van der Waals surface area contributed by atoms with Gasteiger partial charge in [-0.2, -0.15) is 0 Å². The Hall–Kier alpha value is -2.37. The first-order valence-electron chi connectivity index (χ1n) is 8.82. The third-order valence-corrected chi connectivity index (χ3v) is 5.55. The lowest BCUT2D eigenvalue weighted by atomic mass is 9.77. The highest BCUT2D eigenvalue weighted by molar-refractivity contribution is 6.10. The summed E-state index contributed by atoms with van der Waals surface area (Å²) >= 11 is 0. The van der Waals surface area contributed by atoms with Crippen molar-refractivity contribution in [3.05, 3.63) is 29.3 Å². The van der Waals surface area contributed by atoms with Gasteiger partial charge in [0.1, 0.15) is 12.1 Å². The van der Waals surface area contributed by atoms with E-state index in [9.17, 15) is 14.4 Å². The topological polar surface area (TPSA) is 78.5 Å². The zero-order chi connectivity index (χ0) is 18.2. The fraction of sp³-hybridized carbons (Fsp3) is 0.526. The van der Waals surface area contributed by atoms with Crippen LogP contribution >= 0.6 is 0 Å². The maximum atomic E-state index is 12.8. The molecule has 0 unspecified atom stereocenters. The van der Waals surface area contributed by atoms with Gasteiger partial charge < -0.3 is 10.6 Å². The molecule has 0 aromatic heterocycles. The lowest BCUT2D eigenvalue weighted by molar-refractivity contribution is -0.135. The molecular formula is C19H25N3O3. The van der Waals surface area contributed by atoms with Crippen LogP contribution in [0.5, 0.6) is 0 Å². The zero-order valence-corrected chi connectivity index (χ0v) is 15.0. The Morgan fingerprint density at radius 3 is 2.64 bits per heavy atom. The molecule has 2 fully saturated rings. The Bertz CT molecular complexity index is 721. The molecule has 1 heterocycles. The minimum Gasteiger partial charge on any atom is -0.324 e. The maximum Gasteiger partial charge on any atom is 0.325 e. The summed E-state index contributed by atoms with van der Waals surface area (Å²) < 4.78 is 0. The number of urea groups is 1. The van der Waals surface area contributed by atoms with Gasteiger partial charge in [-0.3, -0.25) is 14.5 Å². The molecule has 2 N–H and O–H groups in total. The zero-order valence-electron chi connectivity index (χ0n) is 15.0. The molecule has 3 rings (SSSR count). The largest absolute Gasteiger partial charge is 0.325 e. The highest BCUT2D eigenvalue weighted by Gasteiger charge is 2.52. The normalized spacial score (nSPS) is 26.0. The van der Waals surface area contributed by atoms with Crippen molar-refractivity contribution in [2.24, 2.45) is 5.92 Å². The molecular weight excluding hydrogens is 318 g/mol. The minimum atomic E-state index is -0.802. The van der Waals surface area contributed by atoms with Crippen molar-refractivity contribution in [2.45, 2.75) is 52.0 Å². The number of aryl methyl sites for hydroxylation is 1. The van der Waals surface area contributed by atoms with E-state index >= 15 is 0 Å². The van der Waals surface area contributed by atoms with Crippen molar-refractivity contribution in [1.82, 2.24) is 10.2 Å². The van der Waals surface area contributed by atoms with Crippen LogP contribution < -0.4 is 10.6 Å². The molecule has 6 nitrogen and oxygen atoms in total. The summed E-state index contributed by atoms with van der Waals surface area (Å²) in [4.78, 5) is 38.4. The molecule has 2 aliphatic rings. The molecule has 0 bridgehead atoms. The number of carbonyl (C=O) groups is 3. The second-order valence-electron chi connectivity index (χ2n) is 7.38. The number of hydrogen-bond donors (Lipinski definition) is 2. The highest BCUT2D eigenvalue weighted by atomic mass is 16.2. The third-order valence-electron chi connectivity index (χ3n) is 5.55. The van der Waals surface area contributed by atoms with E-state index in [0.29, 0.717) is 24.4 Å². The molecule has 1 aromatic rings. The van der Waals surface area contributed by atoms with Crippen LogP contribution in [-0.2, 0) is 9.59 Å². The number of carbonyl (C=O) groups excluding carboxylic acids is 3. The van der Waals surface area contributed by atoms with Gasteiger partial charge in [-0.15, -0.1) is 0 Å². The van der Waals surface area contributed by atoms with Gasteiger partial charge in [0.15, 0.2) is 0 Å². The number of benzene rings is 1. The summed E-state index contributed by atoms with van der Waals surface area (Å²) in [5.74, 6) is -0.0593. The molecule has 134 valence electrons. The van der Waals surface area contributed by atoms with Crippen LogP contribution in [0.2, 0.25) is 0 Å². The van der Waals surface area contributed by atoms with E-state index in [-0.39, 0.29) is 18.4 Å². The van der Waals surface area contributed by atoms with Gasteiger partial charge in [-0.05, 0) is 62.6 Å². The molecule has 1 saturated heterocycles. The number of nitrogens with zero attached hydrogens (tertiary/aromatic N) is 1. The van der Waals surface area contributed by atoms with Gasteiger partial charge in [-0.25, -0.2) is 4.79 Å². The first-order valence-corrected chi connectivity index (χ1v) is 8.82. The molecule has 25 heavy (non-hydrogen) atoms. The van der Waals surface area contributed by atoms with Gasteiger partial charge >= 0.3 is 6.03 Å². The number of rotatable bonds is 3. The molecule has 4 amide bonds. The number of anilines is 1. The lowest BCUT2D eigenvalue weighted by Crippen LogP contribution is -2.49. The number of nitrogens with one attached hydrogen (secondary N) is 2. The van der Waals surface area contributed by atoms with E-state index in [1.165, 1.54) is 0 Å². The Balaban J connectivity index is 1.68. The fourth-order valence-electron chi connectivity index (χ4n) is 3.63. The summed E-state index contributed by atoms with van der Waals surface area (Å²) in [7, 11) is 0. The molecule has 1 aromatic carbocycles. The number of hydrogen-bond acceptors (Lipinski definition) is 3. The molecule has 1 spiro atoms. The average molecular weight is 343 g/mol. The van der Waals surface area contributed by atoms with E-state index < -0.39 is 11.6 Å². The van der Waals surface area contributed by atoms with Crippen LogP contribution in [0.1, 0.15) is 43.7 Å². The van der Waals surface area contributed by atoms with E-state index in [1.807, 2.05) is 32.0 Å². The first kappa shape index (κ1) is 17.5. The predicted octanol–water partition coefficient (Wildman–Crippen LogP) is 2.74. The molecule has 1 aliphatic carbocycles. The molecule has 6 heteroatoms. The first-order chi connectivity index (χ1) is 11.8. The summed E-state index contributed by atoms with van der Waals surface area (Å²) in [6.07, 6.45) is 3.12. The summed E-state index contributed by atoms with van der Waals surface area (Å²) in [5, 5.41) is 5.64.